The first-order valence-corrected chi connectivity index (χ1v) is 23.7. The Morgan fingerprint density at radius 2 is 1.53 bits per heavy atom. The van der Waals surface area contributed by atoms with E-state index in [1.54, 1.807) is 0 Å². The van der Waals surface area contributed by atoms with Gasteiger partial charge in [-0.1, -0.05) is 121 Å². The van der Waals surface area contributed by atoms with E-state index in [-0.39, 0.29) is 30.5 Å². The van der Waals surface area contributed by atoms with Gasteiger partial charge in [-0.2, -0.15) is 0 Å². The predicted molar refractivity (Wildman–Crippen MR) is 235 cm³/mol. The lowest BCUT2D eigenvalue weighted by molar-refractivity contribution is -0.313. The number of ether oxygens (including phenoxy) is 3. The largest absolute Gasteiger partial charge is 0.463 e. The first-order chi connectivity index (χ1) is 27.9. The molecule has 0 bridgehead atoms. The summed E-state index contributed by atoms with van der Waals surface area (Å²) in [5.41, 5.74) is 2.12. The zero-order valence-corrected chi connectivity index (χ0v) is 37.2. The van der Waals surface area contributed by atoms with E-state index in [1.165, 1.54) is 50.5 Å². The van der Waals surface area contributed by atoms with Crippen LogP contribution < -0.4 is 0 Å². The van der Waals surface area contributed by atoms with Crippen molar-refractivity contribution in [1.82, 2.24) is 0 Å². The Bertz CT molecular complexity index is 1410. The van der Waals surface area contributed by atoms with Crippen molar-refractivity contribution in [3.63, 3.8) is 0 Å². The van der Waals surface area contributed by atoms with Crippen molar-refractivity contribution in [1.29, 1.82) is 0 Å². The summed E-state index contributed by atoms with van der Waals surface area (Å²) in [4.78, 5) is 12.6. The van der Waals surface area contributed by atoms with Gasteiger partial charge in [-0.3, -0.25) is 4.79 Å². The standard InChI is InChI=1S/C51H82O7/c1-7-8-9-10-11-12-13-14-15-16-17-18-19-20-21-25-45(52)56-35-44-46(53)47(54)48(55)49(58-44)57-39-30-32-50(5)38(34-39)26-27-40-42-29-28-41(37(4)24-22-23-36(2)3)51(42,6)33-31-43(40)50/h8-9,11-12,14-15,17-18,26,36-37,39-44,46-49,53-55H,7,10,13,16,19-25,27-35H2,1-6H3/b9-8-,12-11-,15-14-,18-17-. The third kappa shape index (κ3) is 12.1. The minimum atomic E-state index is -1.46. The Labute approximate surface area is 352 Å². The van der Waals surface area contributed by atoms with E-state index in [2.05, 4.69) is 96.2 Å². The Morgan fingerprint density at radius 1 is 0.828 bits per heavy atom. The molecule has 5 rings (SSSR count). The molecular formula is C51H82O7. The van der Waals surface area contributed by atoms with Crippen molar-refractivity contribution in [2.24, 2.45) is 46.3 Å². The number of hydrogen-bond acceptors (Lipinski definition) is 7. The van der Waals surface area contributed by atoms with Crippen LogP contribution >= 0.6 is 0 Å². The molecule has 0 aromatic carbocycles. The summed E-state index contributed by atoms with van der Waals surface area (Å²) in [6.07, 6.45) is 33.5. The maximum atomic E-state index is 12.6. The van der Waals surface area contributed by atoms with Crippen LogP contribution in [0.3, 0.4) is 0 Å². The molecule has 0 radical (unpaired) electrons. The molecule has 3 saturated carbocycles. The molecule has 4 aliphatic carbocycles. The normalized spacial score (nSPS) is 37.1. The van der Waals surface area contributed by atoms with Crippen molar-refractivity contribution in [3.05, 3.63) is 60.3 Å². The molecule has 3 N–H and O–H groups in total. The summed E-state index contributed by atoms with van der Waals surface area (Å²) in [6, 6.07) is 0. The maximum absolute atomic E-state index is 12.6. The van der Waals surface area contributed by atoms with Crippen LogP contribution in [0.5, 0.6) is 0 Å². The van der Waals surface area contributed by atoms with Crippen LogP contribution in [0.25, 0.3) is 0 Å². The number of rotatable bonds is 21. The smallest absolute Gasteiger partial charge is 0.305 e. The van der Waals surface area contributed by atoms with Gasteiger partial charge < -0.3 is 29.5 Å². The van der Waals surface area contributed by atoms with Gasteiger partial charge in [-0.15, -0.1) is 0 Å². The number of unbranched alkanes of at least 4 members (excludes halogenated alkanes) is 2. The van der Waals surface area contributed by atoms with Crippen molar-refractivity contribution in [2.45, 2.75) is 200 Å². The van der Waals surface area contributed by atoms with Gasteiger partial charge in [0.2, 0.25) is 0 Å². The van der Waals surface area contributed by atoms with Gasteiger partial charge in [0.25, 0.3) is 0 Å². The molecule has 7 heteroatoms. The fourth-order valence-corrected chi connectivity index (χ4v) is 12.0. The number of carbonyl (C=O) groups is 1. The van der Waals surface area contributed by atoms with Gasteiger partial charge in [0.05, 0.1) is 6.10 Å². The number of carbonyl (C=O) groups excluding carboxylic acids is 1. The molecular weight excluding hydrogens is 725 g/mol. The monoisotopic (exact) mass is 807 g/mol. The fraction of sp³-hybridized carbons (Fsp3) is 0.784. The molecule has 0 aromatic rings. The molecule has 13 atom stereocenters. The van der Waals surface area contributed by atoms with Crippen LogP contribution in [0.2, 0.25) is 0 Å². The zero-order chi connectivity index (χ0) is 41.7. The number of aliphatic hydroxyl groups is 3. The summed E-state index contributed by atoms with van der Waals surface area (Å²) in [5, 5.41) is 32.4. The van der Waals surface area contributed by atoms with E-state index < -0.39 is 30.7 Å². The number of esters is 1. The van der Waals surface area contributed by atoms with Crippen LogP contribution in [0.1, 0.15) is 164 Å². The van der Waals surface area contributed by atoms with Crippen LogP contribution in [0.15, 0.2) is 60.3 Å². The SMILES string of the molecule is CC/C=C\C/C=C\C/C=C\C/C=C\CCCCC(=O)OCC1OC(OC2CCC3(C)C(=CCC4C3CCC3(C)C(C(C)CCCC(C)C)CCC43)C2)C(O)C(O)C1O. The number of aliphatic hydroxyl groups excluding tert-OH is 3. The lowest BCUT2D eigenvalue weighted by atomic mass is 9.47. The van der Waals surface area contributed by atoms with Gasteiger partial charge in [-0.05, 0) is 143 Å². The average Bonchev–Trinajstić information content (AvgIpc) is 3.56. The van der Waals surface area contributed by atoms with Crippen LogP contribution in [0, 0.1) is 46.3 Å². The second-order valence-electron chi connectivity index (χ2n) is 19.7. The highest BCUT2D eigenvalue weighted by Gasteiger charge is 2.59. The second-order valence-corrected chi connectivity index (χ2v) is 19.7. The minimum absolute atomic E-state index is 0.150. The summed E-state index contributed by atoms with van der Waals surface area (Å²) in [7, 11) is 0. The molecule has 0 aromatic heterocycles. The molecule has 1 aliphatic heterocycles. The molecule has 5 aliphatic rings. The maximum Gasteiger partial charge on any atom is 0.305 e. The number of allylic oxidation sites excluding steroid dienone is 9. The predicted octanol–water partition coefficient (Wildman–Crippen LogP) is 11.1. The van der Waals surface area contributed by atoms with E-state index in [4.69, 9.17) is 14.2 Å². The highest BCUT2D eigenvalue weighted by molar-refractivity contribution is 5.69. The Kier molecular flexibility index (Phi) is 18.4. The molecule has 328 valence electrons. The third-order valence-electron chi connectivity index (χ3n) is 15.4. The number of hydrogen-bond donors (Lipinski definition) is 3. The molecule has 4 fully saturated rings. The lowest BCUT2D eigenvalue weighted by Gasteiger charge is -2.58. The van der Waals surface area contributed by atoms with Gasteiger partial charge in [0, 0.05) is 6.42 Å². The Morgan fingerprint density at radius 3 is 2.24 bits per heavy atom. The van der Waals surface area contributed by atoms with E-state index in [1.807, 2.05) is 0 Å². The zero-order valence-electron chi connectivity index (χ0n) is 37.2. The summed E-state index contributed by atoms with van der Waals surface area (Å²) < 4.78 is 18.0. The van der Waals surface area contributed by atoms with Crippen LogP contribution in [-0.4, -0.2) is 64.7 Å². The molecule has 1 saturated heterocycles. The highest BCUT2D eigenvalue weighted by atomic mass is 16.7. The van der Waals surface area contributed by atoms with Gasteiger partial charge in [0.1, 0.15) is 31.0 Å². The van der Waals surface area contributed by atoms with E-state index >= 15 is 0 Å². The summed E-state index contributed by atoms with van der Waals surface area (Å²) in [5.74, 6) is 4.36. The van der Waals surface area contributed by atoms with Crippen molar-refractivity contribution in [2.75, 3.05) is 6.61 Å². The third-order valence-corrected chi connectivity index (χ3v) is 15.4. The first kappa shape index (κ1) is 47.0. The van der Waals surface area contributed by atoms with Crippen molar-refractivity contribution >= 4 is 5.97 Å². The second kappa shape index (κ2) is 22.7. The van der Waals surface area contributed by atoms with E-state index in [9.17, 15) is 20.1 Å². The minimum Gasteiger partial charge on any atom is -0.463 e. The topological polar surface area (TPSA) is 105 Å². The van der Waals surface area contributed by atoms with Crippen LogP contribution in [0.4, 0.5) is 0 Å². The summed E-state index contributed by atoms with van der Waals surface area (Å²) in [6.45, 7) is 14.4. The van der Waals surface area contributed by atoms with Crippen LogP contribution in [-0.2, 0) is 19.0 Å². The molecule has 0 amide bonds. The van der Waals surface area contributed by atoms with E-state index in [0.717, 1.165) is 93.8 Å². The molecule has 13 unspecified atom stereocenters. The molecule has 1 heterocycles. The molecule has 58 heavy (non-hydrogen) atoms. The lowest BCUT2D eigenvalue weighted by Crippen LogP contribution is -2.60. The van der Waals surface area contributed by atoms with Gasteiger partial charge >= 0.3 is 5.97 Å². The molecule has 7 nitrogen and oxygen atoms in total. The quantitative estimate of drug-likeness (QED) is 0.0602. The fourth-order valence-electron chi connectivity index (χ4n) is 12.0. The average molecular weight is 807 g/mol. The highest BCUT2D eigenvalue weighted by Crippen LogP contribution is 2.67. The summed E-state index contributed by atoms with van der Waals surface area (Å²) >= 11 is 0. The van der Waals surface area contributed by atoms with E-state index in [0.29, 0.717) is 17.8 Å². The number of fused-ring (bicyclic) bond motifs is 5. The van der Waals surface area contributed by atoms with Gasteiger partial charge in [0.15, 0.2) is 6.29 Å². The Balaban J connectivity index is 1.03. The Hall–Kier alpha value is -2.03. The molecule has 0 spiro atoms. The van der Waals surface area contributed by atoms with Gasteiger partial charge in [-0.25, -0.2) is 0 Å². The van der Waals surface area contributed by atoms with Crippen molar-refractivity contribution < 1.29 is 34.3 Å². The first-order valence-electron chi connectivity index (χ1n) is 23.7. The van der Waals surface area contributed by atoms with Crippen molar-refractivity contribution in [3.8, 4) is 0 Å².